The lowest BCUT2D eigenvalue weighted by Gasteiger charge is -2.34. The summed E-state index contributed by atoms with van der Waals surface area (Å²) >= 11 is 0. The molecule has 3 heterocycles. The maximum Gasteiger partial charge on any atom is 0.328 e. The van der Waals surface area contributed by atoms with Crippen molar-refractivity contribution < 1.29 is 9.53 Å². The summed E-state index contributed by atoms with van der Waals surface area (Å²) in [6, 6.07) is 8.62. The van der Waals surface area contributed by atoms with Crippen LogP contribution >= 0.6 is 0 Å². The average molecular weight is 419 g/mol. The van der Waals surface area contributed by atoms with Crippen LogP contribution in [0, 0.1) is 0 Å². The normalized spacial score (nSPS) is 14.1. The van der Waals surface area contributed by atoms with Crippen molar-refractivity contribution in [3.63, 3.8) is 0 Å². The number of nitrogens with one attached hydrogen (secondary N) is 1. The van der Waals surface area contributed by atoms with Crippen LogP contribution in [0.1, 0.15) is 32.1 Å². The predicted octanol–water partition coefficient (Wildman–Crippen LogP) is 3.90. The molecule has 3 N–H and O–H groups in total. The number of carbonyl (C=O) groups excluding carboxylic acids is 1. The minimum atomic E-state index is -0.338. The molecule has 1 saturated carbocycles. The summed E-state index contributed by atoms with van der Waals surface area (Å²) in [6.07, 6.45) is 9.83. The summed E-state index contributed by atoms with van der Waals surface area (Å²) in [5.74, 6) is 1.15. The number of nitrogens with two attached hydrogens (primary N) is 1. The van der Waals surface area contributed by atoms with E-state index in [1.54, 1.807) is 29.4 Å². The van der Waals surface area contributed by atoms with E-state index in [2.05, 4.69) is 20.3 Å². The Morgan fingerprint density at radius 1 is 1.19 bits per heavy atom. The van der Waals surface area contributed by atoms with Crippen LogP contribution in [0.3, 0.4) is 0 Å². The number of anilines is 3. The van der Waals surface area contributed by atoms with Gasteiger partial charge in [0.2, 0.25) is 5.88 Å². The predicted molar refractivity (Wildman–Crippen MR) is 119 cm³/mol. The number of rotatable bonds is 5. The van der Waals surface area contributed by atoms with Crippen molar-refractivity contribution in [2.75, 3.05) is 23.1 Å². The lowest BCUT2D eigenvalue weighted by atomic mass is 9.94. The lowest BCUT2D eigenvalue weighted by Crippen LogP contribution is -2.45. The molecule has 1 fully saturated rings. The monoisotopic (exact) mass is 419 g/mol. The van der Waals surface area contributed by atoms with Gasteiger partial charge in [0.1, 0.15) is 12.1 Å². The Bertz CT molecular complexity index is 1040. The molecule has 0 radical (unpaired) electrons. The number of nitrogen functional groups attached to an aromatic ring is 1. The number of urea groups is 1. The standard InChI is InChI=1S/C22H25N7O2/c1-31-20-12-19(25-14-26-20)28-22(30)29(16-7-3-2-4-8-16)21-17(23)9-10-18(27-21)15-6-5-11-24-13-15/h5-6,9-14,16H,2-4,7-8,23H2,1H3,(H,25,26,28,30). The number of ether oxygens (including phenoxy) is 1. The van der Waals surface area contributed by atoms with Crippen LogP contribution in [0.4, 0.5) is 22.1 Å². The molecule has 0 atom stereocenters. The van der Waals surface area contributed by atoms with Gasteiger partial charge in [0.05, 0.1) is 18.5 Å². The zero-order valence-electron chi connectivity index (χ0n) is 17.4. The maximum absolute atomic E-state index is 13.4. The van der Waals surface area contributed by atoms with Crippen molar-refractivity contribution in [3.8, 4) is 17.1 Å². The Labute approximate surface area is 180 Å². The molecule has 4 rings (SSSR count). The summed E-state index contributed by atoms with van der Waals surface area (Å²) in [5.41, 5.74) is 8.30. The number of nitrogens with zero attached hydrogens (tertiary/aromatic N) is 5. The summed E-state index contributed by atoms with van der Waals surface area (Å²) < 4.78 is 5.13. The van der Waals surface area contributed by atoms with Crippen LogP contribution in [-0.2, 0) is 0 Å². The van der Waals surface area contributed by atoms with Crippen LogP contribution in [0.5, 0.6) is 5.88 Å². The SMILES string of the molecule is COc1cc(NC(=O)N(c2nc(-c3cccnc3)ccc2N)C2CCCCC2)ncn1. The second-order valence-electron chi connectivity index (χ2n) is 7.39. The molecule has 0 unspecified atom stereocenters. The highest BCUT2D eigenvalue weighted by Crippen LogP contribution is 2.32. The zero-order valence-corrected chi connectivity index (χ0v) is 17.4. The lowest BCUT2D eigenvalue weighted by molar-refractivity contribution is 0.252. The molecular weight excluding hydrogens is 394 g/mol. The van der Waals surface area contributed by atoms with E-state index in [9.17, 15) is 4.79 Å². The molecule has 0 bridgehead atoms. The van der Waals surface area contributed by atoms with Crippen molar-refractivity contribution in [1.29, 1.82) is 0 Å². The molecule has 0 saturated heterocycles. The number of pyridine rings is 2. The Hall–Kier alpha value is -3.75. The Kier molecular flexibility index (Phi) is 6.21. The van der Waals surface area contributed by atoms with E-state index in [4.69, 9.17) is 15.5 Å². The topological polar surface area (TPSA) is 119 Å². The second-order valence-corrected chi connectivity index (χ2v) is 7.39. The van der Waals surface area contributed by atoms with E-state index in [-0.39, 0.29) is 12.1 Å². The van der Waals surface area contributed by atoms with E-state index in [1.807, 2.05) is 18.2 Å². The fraction of sp³-hybridized carbons (Fsp3) is 0.318. The molecule has 2 amide bonds. The van der Waals surface area contributed by atoms with Crippen LogP contribution in [0.25, 0.3) is 11.3 Å². The first-order valence-electron chi connectivity index (χ1n) is 10.3. The van der Waals surface area contributed by atoms with Gasteiger partial charge in [0, 0.05) is 30.1 Å². The van der Waals surface area contributed by atoms with Gasteiger partial charge in [-0.3, -0.25) is 15.2 Å². The van der Waals surface area contributed by atoms with Crippen LogP contribution < -0.4 is 20.7 Å². The first kappa shape index (κ1) is 20.5. The van der Waals surface area contributed by atoms with Gasteiger partial charge in [-0.15, -0.1) is 0 Å². The molecule has 9 nitrogen and oxygen atoms in total. The van der Waals surface area contributed by atoms with Gasteiger partial charge >= 0.3 is 6.03 Å². The molecule has 160 valence electrons. The first-order chi connectivity index (χ1) is 15.2. The van der Waals surface area contributed by atoms with Gasteiger partial charge in [-0.05, 0) is 37.1 Å². The summed E-state index contributed by atoms with van der Waals surface area (Å²) in [6.45, 7) is 0. The van der Waals surface area contributed by atoms with E-state index in [0.717, 1.165) is 37.7 Å². The third kappa shape index (κ3) is 4.71. The van der Waals surface area contributed by atoms with Crippen LogP contribution in [0.2, 0.25) is 0 Å². The summed E-state index contributed by atoms with van der Waals surface area (Å²) in [4.78, 5) is 32.1. The largest absolute Gasteiger partial charge is 0.481 e. The molecule has 0 aliphatic heterocycles. The number of hydrogen-bond acceptors (Lipinski definition) is 7. The van der Waals surface area contributed by atoms with Crippen molar-refractivity contribution in [2.45, 2.75) is 38.1 Å². The molecular formula is C22H25N7O2. The molecule has 1 aliphatic rings. The van der Waals surface area contributed by atoms with E-state index >= 15 is 0 Å². The molecule has 0 aromatic carbocycles. The Morgan fingerprint density at radius 2 is 2.03 bits per heavy atom. The highest BCUT2D eigenvalue weighted by Gasteiger charge is 2.30. The molecule has 31 heavy (non-hydrogen) atoms. The van der Waals surface area contributed by atoms with Gasteiger partial charge in [-0.1, -0.05) is 19.3 Å². The van der Waals surface area contributed by atoms with Crippen molar-refractivity contribution in [3.05, 3.63) is 49.1 Å². The summed E-state index contributed by atoms with van der Waals surface area (Å²) in [5, 5.41) is 2.85. The van der Waals surface area contributed by atoms with Crippen molar-refractivity contribution in [2.24, 2.45) is 0 Å². The summed E-state index contributed by atoms with van der Waals surface area (Å²) in [7, 11) is 1.51. The number of hydrogen-bond donors (Lipinski definition) is 2. The fourth-order valence-electron chi connectivity index (χ4n) is 3.79. The number of carbonyl (C=O) groups is 1. The van der Waals surface area contributed by atoms with Gasteiger partial charge in [0.15, 0.2) is 5.82 Å². The van der Waals surface area contributed by atoms with E-state index in [0.29, 0.717) is 28.9 Å². The Balaban J connectivity index is 1.70. The van der Waals surface area contributed by atoms with Gasteiger partial charge in [-0.25, -0.2) is 19.7 Å². The van der Waals surface area contributed by atoms with Crippen LogP contribution in [0.15, 0.2) is 49.1 Å². The highest BCUT2D eigenvalue weighted by molar-refractivity contribution is 6.03. The second kappa shape index (κ2) is 9.38. The first-order valence-corrected chi connectivity index (χ1v) is 10.3. The van der Waals surface area contributed by atoms with Gasteiger partial charge in [-0.2, -0.15) is 0 Å². The molecule has 0 spiro atoms. The maximum atomic E-state index is 13.4. The van der Waals surface area contributed by atoms with Crippen molar-refractivity contribution >= 4 is 23.4 Å². The van der Waals surface area contributed by atoms with Crippen molar-refractivity contribution in [1.82, 2.24) is 19.9 Å². The van der Waals surface area contributed by atoms with Gasteiger partial charge in [0.25, 0.3) is 0 Å². The fourth-order valence-corrected chi connectivity index (χ4v) is 3.79. The Morgan fingerprint density at radius 3 is 2.77 bits per heavy atom. The number of methoxy groups -OCH3 is 1. The number of aromatic nitrogens is 4. The van der Waals surface area contributed by atoms with E-state index in [1.165, 1.54) is 13.4 Å². The average Bonchev–Trinajstić information content (AvgIpc) is 2.82. The third-order valence-corrected chi connectivity index (χ3v) is 5.34. The zero-order chi connectivity index (χ0) is 21.6. The highest BCUT2D eigenvalue weighted by atomic mass is 16.5. The number of amides is 2. The third-order valence-electron chi connectivity index (χ3n) is 5.34. The quantitative estimate of drug-likeness (QED) is 0.644. The van der Waals surface area contributed by atoms with E-state index < -0.39 is 0 Å². The van der Waals surface area contributed by atoms with Crippen LogP contribution in [-0.4, -0.2) is 39.1 Å². The molecule has 3 aromatic heterocycles. The molecule has 1 aliphatic carbocycles. The molecule has 3 aromatic rings. The molecule has 9 heteroatoms. The smallest absolute Gasteiger partial charge is 0.328 e. The minimum Gasteiger partial charge on any atom is -0.481 e. The minimum absolute atomic E-state index is 0.00330. The van der Waals surface area contributed by atoms with Gasteiger partial charge < -0.3 is 10.5 Å².